The monoisotopic (exact) mass is 527 g/mol. The first kappa shape index (κ1) is 25.0. The number of rotatable bonds is 8. The molecule has 1 N–H and O–H groups in total. The number of fused-ring (bicyclic) bond motifs is 3. The lowest BCUT2D eigenvalue weighted by Crippen LogP contribution is -2.14. The maximum atomic E-state index is 5.65. The number of nitrogens with zero attached hydrogens (tertiary/aromatic N) is 6. The molecule has 1 aliphatic carbocycles. The van der Waals surface area contributed by atoms with E-state index in [1.807, 2.05) is 58.8 Å². The van der Waals surface area contributed by atoms with Gasteiger partial charge in [0.2, 0.25) is 5.95 Å². The van der Waals surface area contributed by atoms with Crippen LogP contribution in [0.3, 0.4) is 0 Å². The van der Waals surface area contributed by atoms with Gasteiger partial charge in [-0.1, -0.05) is 12.5 Å². The highest BCUT2D eigenvalue weighted by Crippen LogP contribution is 2.41. The van der Waals surface area contributed by atoms with E-state index >= 15 is 0 Å². The van der Waals surface area contributed by atoms with Gasteiger partial charge in [0.15, 0.2) is 11.5 Å². The molecule has 2 unspecified atom stereocenters. The molecule has 10 nitrogen and oxygen atoms in total. The first-order chi connectivity index (χ1) is 19.1. The normalized spacial score (nSPS) is 17.4. The summed E-state index contributed by atoms with van der Waals surface area (Å²) >= 11 is 0. The highest BCUT2D eigenvalue weighted by atomic mass is 16.5. The molecule has 0 aliphatic heterocycles. The minimum atomic E-state index is 0.263. The molecule has 3 heterocycles. The van der Waals surface area contributed by atoms with Crippen molar-refractivity contribution in [2.24, 2.45) is 7.05 Å². The van der Waals surface area contributed by atoms with Gasteiger partial charge in [0.25, 0.3) is 0 Å². The fourth-order valence-electron chi connectivity index (χ4n) is 5.62. The standard InChI is InChI=1S/C29H33N7O3/c1-35-17-21(16-31-35)18-7-5-8-19(13-18)27-33-28-23-9-6-10-24(38-3)26(23)32-29(36(28)34-27)30-15-20-11-12-22(37-2)14-25(20)39-4/h6,9-12,14,16-19H,5,7-8,13,15H2,1-4H3,(H,30,32). The van der Waals surface area contributed by atoms with Crippen LogP contribution in [0.25, 0.3) is 16.6 Å². The van der Waals surface area contributed by atoms with Crippen molar-refractivity contribution in [2.45, 2.75) is 44.1 Å². The average molecular weight is 528 g/mol. The Labute approximate surface area is 226 Å². The van der Waals surface area contributed by atoms with E-state index in [1.165, 1.54) is 5.56 Å². The SMILES string of the molecule is COc1ccc(CNc2nc3c(OC)cccc3c3nc(C4CCCC(c5cnn(C)c5)C4)nn23)c(OC)c1. The number of aromatic nitrogens is 6. The van der Waals surface area contributed by atoms with Crippen LogP contribution >= 0.6 is 0 Å². The van der Waals surface area contributed by atoms with E-state index in [0.717, 1.165) is 65.1 Å². The van der Waals surface area contributed by atoms with Gasteiger partial charge in [-0.05, 0) is 55.0 Å². The molecule has 5 aromatic rings. The van der Waals surface area contributed by atoms with Gasteiger partial charge in [0.1, 0.15) is 22.8 Å². The van der Waals surface area contributed by atoms with Gasteiger partial charge < -0.3 is 19.5 Å². The van der Waals surface area contributed by atoms with E-state index in [4.69, 9.17) is 29.3 Å². The summed E-state index contributed by atoms with van der Waals surface area (Å²) in [6, 6.07) is 11.7. The third-order valence-corrected chi connectivity index (χ3v) is 7.67. The van der Waals surface area contributed by atoms with Gasteiger partial charge in [-0.25, -0.2) is 9.97 Å². The fourth-order valence-corrected chi connectivity index (χ4v) is 5.62. The van der Waals surface area contributed by atoms with Crippen LogP contribution in [0.5, 0.6) is 17.2 Å². The molecule has 0 amide bonds. The molecule has 6 rings (SSSR count). The van der Waals surface area contributed by atoms with Crippen LogP contribution in [0.15, 0.2) is 48.8 Å². The Kier molecular flexibility index (Phi) is 6.68. The number of methoxy groups -OCH3 is 3. The van der Waals surface area contributed by atoms with Crippen LogP contribution in [0.2, 0.25) is 0 Å². The molecule has 2 atom stereocenters. The van der Waals surface area contributed by atoms with Crippen molar-refractivity contribution in [1.29, 1.82) is 0 Å². The van der Waals surface area contributed by atoms with Gasteiger partial charge >= 0.3 is 0 Å². The minimum Gasteiger partial charge on any atom is -0.497 e. The van der Waals surface area contributed by atoms with Crippen molar-refractivity contribution in [2.75, 3.05) is 26.6 Å². The number of nitrogens with one attached hydrogen (secondary N) is 1. The zero-order valence-electron chi connectivity index (χ0n) is 22.7. The van der Waals surface area contributed by atoms with Gasteiger partial charge in [-0.3, -0.25) is 4.68 Å². The Morgan fingerprint density at radius 3 is 2.59 bits per heavy atom. The molecular formula is C29H33N7O3. The lowest BCUT2D eigenvalue weighted by molar-refractivity contribution is 0.382. The second-order valence-corrected chi connectivity index (χ2v) is 10.0. The first-order valence-corrected chi connectivity index (χ1v) is 13.2. The van der Waals surface area contributed by atoms with Crippen LogP contribution in [0.4, 0.5) is 5.95 Å². The number of hydrogen-bond donors (Lipinski definition) is 1. The molecule has 0 bridgehead atoms. The maximum absolute atomic E-state index is 5.65. The predicted octanol–water partition coefficient (Wildman–Crippen LogP) is 5.09. The summed E-state index contributed by atoms with van der Waals surface area (Å²) in [5.41, 5.74) is 3.77. The Hall–Kier alpha value is -4.34. The summed E-state index contributed by atoms with van der Waals surface area (Å²) in [4.78, 5) is 10.0. The summed E-state index contributed by atoms with van der Waals surface area (Å²) in [6.07, 6.45) is 8.48. The van der Waals surface area contributed by atoms with Gasteiger partial charge in [0.05, 0.1) is 27.5 Å². The largest absolute Gasteiger partial charge is 0.497 e. The molecule has 3 aromatic heterocycles. The number of para-hydroxylation sites is 1. The summed E-state index contributed by atoms with van der Waals surface area (Å²) in [5, 5.41) is 13.8. The second kappa shape index (κ2) is 10.4. The Morgan fingerprint density at radius 2 is 1.82 bits per heavy atom. The van der Waals surface area contributed by atoms with E-state index in [2.05, 4.69) is 16.6 Å². The molecule has 0 spiro atoms. The number of ether oxygens (including phenoxy) is 3. The summed E-state index contributed by atoms with van der Waals surface area (Å²) < 4.78 is 20.3. The third-order valence-electron chi connectivity index (χ3n) is 7.67. The molecule has 1 saturated carbocycles. The fraction of sp³-hybridized carbons (Fsp3) is 0.379. The molecule has 39 heavy (non-hydrogen) atoms. The van der Waals surface area contributed by atoms with E-state index in [0.29, 0.717) is 24.2 Å². The topological polar surface area (TPSA) is 101 Å². The average Bonchev–Trinajstić information content (AvgIpc) is 3.63. The summed E-state index contributed by atoms with van der Waals surface area (Å²) in [6.45, 7) is 0.484. The van der Waals surface area contributed by atoms with Crippen LogP contribution in [0, 0.1) is 0 Å². The van der Waals surface area contributed by atoms with Crippen molar-refractivity contribution in [1.82, 2.24) is 29.4 Å². The molecule has 1 fully saturated rings. The van der Waals surface area contributed by atoms with Crippen molar-refractivity contribution in [3.63, 3.8) is 0 Å². The highest BCUT2D eigenvalue weighted by molar-refractivity contribution is 5.96. The van der Waals surface area contributed by atoms with Crippen LogP contribution in [-0.4, -0.2) is 50.7 Å². The maximum Gasteiger partial charge on any atom is 0.226 e. The smallest absolute Gasteiger partial charge is 0.226 e. The van der Waals surface area contributed by atoms with Crippen LogP contribution in [0.1, 0.15) is 54.5 Å². The predicted molar refractivity (Wildman–Crippen MR) is 149 cm³/mol. The lowest BCUT2D eigenvalue weighted by atomic mass is 9.78. The molecule has 2 aromatic carbocycles. The second-order valence-electron chi connectivity index (χ2n) is 10.0. The van der Waals surface area contributed by atoms with Crippen LogP contribution in [-0.2, 0) is 13.6 Å². The van der Waals surface area contributed by atoms with E-state index in [9.17, 15) is 0 Å². The Bertz CT molecular complexity index is 1630. The highest BCUT2D eigenvalue weighted by Gasteiger charge is 2.29. The minimum absolute atomic E-state index is 0.263. The molecule has 202 valence electrons. The van der Waals surface area contributed by atoms with Gasteiger partial charge in [-0.2, -0.15) is 9.61 Å². The van der Waals surface area contributed by atoms with Crippen molar-refractivity contribution in [3.8, 4) is 17.2 Å². The quantitative estimate of drug-likeness (QED) is 0.298. The number of anilines is 1. The van der Waals surface area contributed by atoms with Gasteiger partial charge in [-0.15, -0.1) is 5.10 Å². The Balaban J connectivity index is 1.38. The number of hydrogen-bond acceptors (Lipinski definition) is 8. The third kappa shape index (κ3) is 4.71. The number of aryl methyl sites for hydroxylation is 1. The van der Waals surface area contributed by atoms with Crippen molar-refractivity contribution < 1.29 is 14.2 Å². The number of benzene rings is 2. The first-order valence-electron chi connectivity index (χ1n) is 13.2. The van der Waals surface area contributed by atoms with Gasteiger partial charge in [0, 0.05) is 42.7 Å². The molecule has 10 heteroatoms. The van der Waals surface area contributed by atoms with Crippen molar-refractivity contribution in [3.05, 3.63) is 65.7 Å². The zero-order chi connectivity index (χ0) is 26.9. The van der Waals surface area contributed by atoms with Crippen molar-refractivity contribution >= 4 is 22.5 Å². The zero-order valence-corrected chi connectivity index (χ0v) is 22.7. The van der Waals surface area contributed by atoms with Crippen LogP contribution < -0.4 is 19.5 Å². The van der Waals surface area contributed by atoms with E-state index in [1.54, 1.807) is 21.3 Å². The summed E-state index contributed by atoms with van der Waals surface area (Å²) in [7, 11) is 6.92. The lowest BCUT2D eigenvalue weighted by Gasteiger charge is -2.26. The van der Waals surface area contributed by atoms with E-state index < -0.39 is 0 Å². The van der Waals surface area contributed by atoms with E-state index in [-0.39, 0.29) is 5.92 Å². The molecule has 1 aliphatic rings. The summed E-state index contributed by atoms with van der Waals surface area (Å²) in [5.74, 6) is 4.34. The molecular weight excluding hydrogens is 494 g/mol. The molecule has 0 radical (unpaired) electrons. The Morgan fingerprint density at radius 1 is 0.974 bits per heavy atom. The molecule has 0 saturated heterocycles.